The van der Waals surface area contributed by atoms with E-state index in [1.807, 2.05) is 0 Å². The minimum Gasteiger partial charge on any atom is -0.350 e. The van der Waals surface area contributed by atoms with E-state index in [2.05, 4.69) is 45.1 Å². The third-order valence-corrected chi connectivity index (χ3v) is 4.01. The highest BCUT2D eigenvalue weighted by molar-refractivity contribution is 9.10. The van der Waals surface area contributed by atoms with Gasteiger partial charge in [0.15, 0.2) is 0 Å². The lowest BCUT2D eigenvalue weighted by Gasteiger charge is -2.24. The summed E-state index contributed by atoms with van der Waals surface area (Å²) >= 11 is 3.28. The molecule has 98 valence electrons. The van der Waals surface area contributed by atoms with Crippen LogP contribution in [-0.4, -0.2) is 41.5 Å². The minimum atomic E-state index is -0.0778. The van der Waals surface area contributed by atoms with Crippen molar-refractivity contribution < 1.29 is 4.79 Å². The van der Waals surface area contributed by atoms with Gasteiger partial charge in [0, 0.05) is 24.8 Å². The SMILES string of the molecule is CC(CNC(=O)c1cccnc1Br)N(C)C1CC1. The highest BCUT2D eigenvalue weighted by Gasteiger charge is 2.29. The highest BCUT2D eigenvalue weighted by atomic mass is 79.9. The van der Waals surface area contributed by atoms with Gasteiger partial charge in [-0.05, 0) is 54.9 Å². The maximum Gasteiger partial charge on any atom is 0.254 e. The summed E-state index contributed by atoms with van der Waals surface area (Å²) in [6.07, 6.45) is 4.22. The summed E-state index contributed by atoms with van der Waals surface area (Å²) in [5.41, 5.74) is 0.582. The van der Waals surface area contributed by atoms with Gasteiger partial charge in [-0.3, -0.25) is 9.69 Å². The number of hydrogen-bond acceptors (Lipinski definition) is 3. The van der Waals surface area contributed by atoms with Crippen LogP contribution < -0.4 is 5.32 Å². The molecule has 1 aliphatic rings. The van der Waals surface area contributed by atoms with Crippen molar-refractivity contribution in [2.24, 2.45) is 0 Å². The normalized spacial score (nSPS) is 16.7. The standard InChI is InChI=1S/C13H18BrN3O/c1-9(17(2)10-5-6-10)8-16-13(18)11-4-3-7-15-12(11)14/h3-4,7,9-10H,5-6,8H2,1-2H3,(H,16,18). The zero-order chi connectivity index (χ0) is 13.1. The molecule has 0 aliphatic heterocycles. The number of nitrogens with zero attached hydrogens (tertiary/aromatic N) is 2. The van der Waals surface area contributed by atoms with Gasteiger partial charge in [0.1, 0.15) is 4.60 Å². The van der Waals surface area contributed by atoms with Crippen LogP contribution in [-0.2, 0) is 0 Å². The van der Waals surface area contributed by atoms with Crippen molar-refractivity contribution in [2.45, 2.75) is 31.8 Å². The first-order valence-electron chi connectivity index (χ1n) is 6.20. The molecule has 18 heavy (non-hydrogen) atoms. The van der Waals surface area contributed by atoms with E-state index >= 15 is 0 Å². The first-order chi connectivity index (χ1) is 8.59. The smallest absolute Gasteiger partial charge is 0.254 e. The molecule has 1 amide bonds. The van der Waals surface area contributed by atoms with E-state index in [1.54, 1.807) is 18.3 Å². The average Bonchev–Trinajstić information content (AvgIpc) is 3.19. The van der Waals surface area contributed by atoms with Gasteiger partial charge >= 0.3 is 0 Å². The first kappa shape index (κ1) is 13.5. The number of carbonyl (C=O) groups is 1. The van der Waals surface area contributed by atoms with Gasteiger partial charge < -0.3 is 5.32 Å². The molecule has 1 aliphatic carbocycles. The van der Waals surface area contributed by atoms with Crippen molar-refractivity contribution >= 4 is 21.8 Å². The molecule has 0 saturated heterocycles. The number of nitrogens with one attached hydrogen (secondary N) is 1. The van der Waals surface area contributed by atoms with E-state index in [0.29, 0.717) is 28.8 Å². The lowest BCUT2D eigenvalue weighted by atomic mass is 10.2. The molecule has 1 atom stereocenters. The average molecular weight is 312 g/mol. The van der Waals surface area contributed by atoms with Crippen molar-refractivity contribution in [3.05, 3.63) is 28.5 Å². The zero-order valence-corrected chi connectivity index (χ0v) is 12.3. The first-order valence-corrected chi connectivity index (χ1v) is 6.99. The highest BCUT2D eigenvalue weighted by Crippen LogP contribution is 2.26. The van der Waals surface area contributed by atoms with E-state index in [1.165, 1.54) is 12.8 Å². The molecular weight excluding hydrogens is 294 g/mol. The van der Waals surface area contributed by atoms with E-state index in [9.17, 15) is 4.79 Å². The van der Waals surface area contributed by atoms with Crippen LogP contribution in [0.15, 0.2) is 22.9 Å². The van der Waals surface area contributed by atoms with Gasteiger partial charge in [0.05, 0.1) is 5.56 Å². The molecule has 1 fully saturated rings. The number of hydrogen-bond donors (Lipinski definition) is 1. The Morgan fingerprint density at radius 1 is 1.67 bits per heavy atom. The predicted molar refractivity (Wildman–Crippen MR) is 74.5 cm³/mol. The Morgan fingerprint density at radius 2 is 2.39 bits per heavy atom. The van der Waals surface area contributed by atoms with Crippen molar-refractivity contribution in [2.75, 3.05) is 13.6 Å². The summed E-state index contributed by atoms with van der Waals surface area (Å²) in [5, 5.41) is 2.95. The third-order valence-electron chi connectivity index (χ3n) is 3.38. The van der Waals surface area contributed by atoms with Gasteiger partial charge in [0.25, 0.3) is 5.91 Å². The quantitative estimate of drug-likeness (QED) is 0.847. The molecule has 1 aromatic heterocycles. The largest absolute Gasteiger partial charge is 0.350 e. The summed E-state index contributed by atoms with van der Waals surface area (Å²) in [6, 6.07) is 4.60. The Labute approximate surface area is 116 Å². The number of rotatable bonds is 5. The minimum absolute atomic E-state index is 0.0778. The topological polar surface area (TPSA) is 45.2 Å². The molecule has 1 unspecified atom stereocenters. The number of pyridine rings is 1. The van der Waals surface area contributed by atoms with E-state index in [0.717, 1.165) is 0 Å². The van der Waals surface area contributed by atoms with Gasteiger partial charge in [-0.25, -0.2) is 4.98 Å². The van der Waals surface area contributed by atoms with Crippen LogP contribution in [0.3, 0.4) is 0 Å². The molecule has 1 saturated carbocycles. The number of amides is 1. The summed E-state index contributed by atoms with van der Waals surface area (Å²) in [7, 11) is 2.12. The number of halogens is 1. The van der Waals surface area contributed by atoms with Crippen LogP contribution in [0.4, 0.5) is 0 Å². The maximum absolute atomic E-state index is 12.0. The summed E-state index contributed by atoms with van der Waals surface area (Å²) in [4.78, 5) is 18.4. The lowest BCUT2D eigenvalue weighted by Crippen LogP contribution is -2.41. The number of aromatic nitrogens is 1. The van der Waals surface area contributed by atoms with Crippen molar-refractivity contribution in [3.8, 4) is 0 Å². The molecule has 1 heterocycles. The van der Waals surface area contributed by atoms with Crippen LogP contribution in [0, 0.1) is 0 Å². The third kappa shape index (κ3) is 3.29. The Kier molecular flexibility index (Phi) is 4.35. The fourth-order valence-corrected chi connectivity index (χ4v) is 2.31. The van der Waals surface area contributed by atoms with Crippen LogP contribution in [0.25, 0.3) is 0 Å². The Hall–Kier alpha value is -0.940. The van der Waals surface area contributed by atoms with Crippen LogP contribution >= 0.6 is 15.9 Å². The molecule has 1 N–H and O–H groups in total. The second-order valence-electron chi connectivity index (χ2n) is 4.80. The summed E-state index contributed by atoms with van der Waals surface area (Å²) < 4.78 is 0.589. The molecule has 0 radical (unpaired) electrons. The Morgan fingerprint density at radius 3 is 3.00 bits per heavy atom. The van der Waals surface area contributed by atoms with Crippen LogP contribution in [0.2, 0.25) is 0 Å². The fraction of sp³-hybridized carbons (Fsp3) is 0.538. The van der Waals surface area contributed by atoms with E-state index in [-0.39, 0.29) is 5.91 Å². The fourth-order valence-electron chi connectivity index (χ4n) is 1.88. The Balaban J connectivity index is 1.86. The second-order valence-corrected chi connectivity index (χ2v) is 5.55. The molecule has 0 aromatic carbocycles. The molecule has 2 rings (SSSR count). The van der Waals surface area contributed by atoms with Gasteiger partial charge in [0.2, 0.25) is 0 Å². The molecule has 0 spiro atoms. The van der Waals surface area contributed by atoms with Crippen molar-refractivity contribution in [1.29, 1.82) is 0 Å². The summed E-state index contributed by atoms with van der Waals surface area (Å²) in [5.74, 6) is -0.0778. The van der Waals surface area contributed by atoms with Gasteiger partial charge in [-0.15, -0.1) is 0 Å². The number of carbonyl (C=O) groups excluding carboxylic acids is 1. The van der Waals surface area contributed by atoms with Gasteiger partial charge in [-0.1, -0.05) is 0 Å². The summed E-state index contributed by atoms with van der Waals surface area (Å²) in [6.45, 7) is 2.80. The van der Waals surface area contributed by atoms with E-state index in [4.69, 9.17) is 0 Å². The van der Waals surface area contributed by atoms with Crippen LogP contribution in [0.5, 0.6) is 0 Å². The van der Waals surface area contributed by atoms with Crippen LogP contribution in [0.1, 0.15) is 30.1 Å². The predicted octanol–water partition coefficient (Wildman–Crippen LogP) is 2.06. The molecule has 5 heteroatoms. The number of likely N-dealkylation sites (N-methyl/N-ethyl adjacent to an activating group) is 1. The second kappa shape index (κ2) is 5.80. The molecule has 4 nitrogen and oxygen atoms in total. The maximum atomic E-state index is 12.0. The Bertz CT molecular complexity index is 434. The lowest BCUT2D eigenvalue weighted by molar-refractivity contribution is 0.0938. The van der Waals surface area contributed by atoms with Crippen molar-refractivity contribution in [3.63, 3.8) is 0 Å². The van der Waals surface area contributed by atoms with E-state index < -0.39 is 0 Å². The van der Waals surface area contributed by atoms with Crippen molar-refractivity contribution in [1.82, 2.24) is 15.2 Å². The zero-order valence-electron chi connectivity index (χ0n) is 10.7. The molecular formula is C13H18BrN3O. The molecule has 1 aromatic rings. The molecule has 0 bridgehead atoms. The monoisotopic (exact) mass is 311 g/mol. The van der Waals surface area contributed by atoms with Gasteiger partial charge in [-0.2, -0.15) is 0 Å².